The summed E-state index contributed by atoms with van der Waals surface area (Å²) in [6.45, 7) is 2.77. The van der Waals surface area contributed by atoms with Crippen LogP contribution in [0, 0.1) is 6.92 Å². The van der Waals surface area contributed by atoms with Gasteiger partial charge < -0.3 is 5.32 Å². The normalized spacial score (nSPS) is 11.9. The molecule has 0 amide bonds. The zero-order valence-corrected chi connectivity index (χ0v) is 12.9. The van der Waals surface area contributed by atoms with Gasteiger partial charge >= 0.3 is 0 Å². The van der Waals surface area contributed by atoms with Gasteiger partial charge in [0.05, 0.1) is 4.90 Å². The van der Waals surface area contributed by atoms with Crippen LogP contribution in [-0.4, -0.2) is 37.2 Å². The van der Waals surface area contributed by atoms with E-state index >= 15 is 0 Å². The molecule has 0 saturated carbocycles. The molecule has 0 bridgehead atoms. The average molecular weight is 315 g/mol. The van der Waals surface area contributed by atoms with Crippen LogP contribution >= 0.6 is 11.3 Å². The van der Waals surface area contributed by atoms with Gasteiger partial charge in [-0.2, -0.15) is 5.10 Å². The summed E-state index contributed by atoms with van der Waals surface area (Å²) in [4.78, 5) is 6.09. The Kier molecular flexibility index (Phi) is 4.86. The maximum atomic E-state index is 12.2. The van der Waals surface area contributed by atoms with E-state index in [-0.39, 0.29) is 6.54 Å². The summed E-state index contributed by atoms with van der Waals surface area (Å²) in [5.41, 5.74) is 0. The molecule has 2 aromatic heterocycles. The first kappa shape index (κ1) is 15.1. The van der Waals surface area contributed by atoms with Crippen LogP contribution in [0.1, 0.15) is 15.6 Å². The Morgan fingerprint density at radius 2 is 2.25 bits per heavy atom. The Morgan fingerprint density at radius 1 is 1.45 bits per heavy atom. The van der Waals surface area contributed by atoms with Crippen molar-refractivity contribution in [3.63, 3.8) is 0 Å². The highest BCUT2D eigenvalue weighted by Gasteiger charge is 2.19. The fourth-order valence-electron chi connectivity index (χ4n) is 1.79. The molecule has 7 nitrogen and oxygen atoms in total. The molecule has 0 fully saturated rings. The number of sulfonamides is 1. The molecule has 2 rings (SSSR count). The first-order chi connectivity index (χ1) is 9.53. The van der Waals surface area contributed by atoms with Crippen molar-refractivity contribution in [1.29, 1.82) is 0 Å². The lowest BCUT2D eigenvalue weighted by molar-refractivity contribution is 0.580. The highest BCUT2D eigenvalue weighted by molar-refractivity contribution is 7.89. The first-order valence-electron chi connectivity index (χ1n) is 6.11. The number of rotatable bonds is 7. The zero-order valence-electron chi connectivity index (χ0n) is 11.3. The highest BCUT2D eigenvalue weighted by Crippen LogP contribution is 2.25. The lowest BCUT2D eigenvalue weighted by Gasteiger charge is -2.04. The van der Waals surface area contributed by atoms with E-state index in [0.717, 1.165) is 9.75 Å². The number of thiophene rings is 1. The number of aromatic nitrogens is 3. The molecule has 2 aromatic rings. The van der Waals surface area contributed by atoms with E-state index in [4.69, 9.17) is 0 Å². The van der Waals surface area contributed by atoms with Crippen LogP contribution in [-0.2, 0) is 23.0 Å². The van der Waals surface area contributed by atoms with E-state index in [1.807, 2.05) is 14.0 Å². The van der Waals surface area contributed by atoms with E-state index in [9.17, 15) is 8.42 Å². The van der Waals surface area contributed by atoms with Gasteiger partial charge in [0.15, 0.2) is 0 Å². The largest absolute Gasteiger partial charge is 0.315 e. The molecule has 0 aliphatic heterocycles. The van der Waals surface area contributed by atoms with Gasteiger partial charge in [-0.1, -0.05) is 0 Å². The van der Waals surface area contributed by atoms with Crippen molar-refractivity contribution in [1.82, 2.24) is 25.2 Å². The number of aromatic amines is 1. The van der Waals surface area contributed by atoms with Crippen molar-refractivity contribution in [2.24, 2.45) is 0 Å². The van der Waals surface area contributed by atoms with Crippen molar-refractivity contribution in [3.05, 3.63) is 28.0 Å². The number of hydrogen-bond acceptors (Lipinski definition) is 6. The van der Waals surface area contributed by atoms with Gasteiger partial charge in [0.25, 0.3) is 0 Å². The quantitative estimate of drug-likeness (QED) is 0.687. The van der Waals surface area contributed by atoms with Crippen molar-refractivity contribution < 1.29 is 8.42 Å². The van der Waals surface area contributed by atoms with Gasteiger partial charge in [-0.3, -0.25) is 5.10 Å². The van der Waals surface area contributed by atoms with E-state index in [1.54, 1.807) is 6.07 Å². The zero-order chi connectivity index (χ0) is 14.6. The van der Waals surface area contributed by atoms with Crippen LogP contribution in [0.3, 0.4) is 0 Å². The van der Waals surface area contributed by atoms with Crippen LogP contribution in [0.4, 0.5) is 0 Å². The maximum absolute atomic E-state index is 12.2. The van der Waals surface area contributed by atoms with Crippen LogP contribution in [0.2, 0.25) is 0 Å². The topological polar surface area (TPSA) is 99.8 Å². The molecular weight excluding hydrogens is 298 g/mol. The van der Waals surface area contributed by atoms with Gasteiger partial charge in [-0.25, -0.2) is 18.1 Å². The third-order valence-corrected chi connectivity index (χ3v) is 5.45. The molecule has 0 atom stereocenters. The maximum Gasteiger partial charge on any atom is 0.241 e. The Morgan fingerprint density at radius 3 is 2.90 bits per heavy atom. The summed E-state index contributed by atoms with van der Waals surface area (Å²) in [7, 11) is -1.64. The number of nitrogens with zero attached hydrogens (tertiary/aromatic N) is 2. The van der Waals surface area contributed by atoms with Crippen LogP contribution in [0.15, 0.2) is 17.3 Å². The molecule has 2 heterocycles. The molecule has 110 valence electrons. The Hall–Kier alpha value is -1.29. The minimum Gasteiger partial charge on any atom is -0.315 e. The molecule has 3 N–H and O–H groups in total. The molecule has 9 heteroatoms. The molecule has 0 aromatic carbocycles. The predicted octanol–water partition coefficient (Wildman–Crippen LogP) is 0.415. The number of H-pyrrole nitrogens is 1. The van der Waals surface area contributed by atoms with Crippen LogP contribution in [0.25, 0.3) is 0 Å². The SMILES string of the molecule is CNCc1cc(S(=O)(=O)NCCc2ncn[nH]2)c(C)s1. The second-order valence-electron chi connectivity index (χ2n) is 4.24. The molecular formula is C11H17N5O2S2. The van der Waals surface area contributed by atoms with E-state index < -0.39 is 10.0 Å². The Bertz CT molecular complexity index is 648. The van der Waals surface area contributed by atoms with Crippen molar-refractivity contribution in [2.45, 2.75) is 24.8 Å². The van der Waals surface area contributed by atoms with Crippen LogP contribution in [0.5, 0.6) is 0 Å². The van der Waals surface area contributed by atoms with Gasteiger partial charge in [-0.05, 0) is 20.0 Å². The Labute approximate surface area is 121 Å². The van der Waals surface area contributed by atoms with Crippen LogP contribution < -0.4 is 10.0 Å². The summed E-state index contributed by atoms with van der Waals surface area (Å²) in [6, 6.07) is 1.72. The smallest absolute Gasteiger partial charge is 0.241 e. The lowest BCUT2D eigenvalue weighted by atomic mass is 10.4. The summed E-state index contributed by atoms with van der Waals surface area (Å²) >= 11 is 1.49. The molecule has 0 aliphatic carbocycles. The molecule has 0 saturated heterocycles. The third kappa shape index (κ3) is 3.63. The average Bonchev–Trinajstić information content (AvgIpc) is 2.99. The summed E-state index contributed by atoms with van der Waals surface area (Å²) < 4.78 is 27.0. The predicted molar refractivity (Wildman–Crippen MR) is 77.1 cm³/mol. The highest BCUT2D eigenvalue weighted by atomic mass is 32.2. The molecule has 0 aliphatic rings. The number of nitrogens with one attached hydrogen (secondary N) is 3. The molecule has 0 spiro atoms. The molecule has 20 heavy (non-hydrogen) atoms. The minimum atomic E-state index is -3.47. The van der Waals surface area contributed by atoms with E-state index in [2.05, 4.69) is 25.2 Å². The van der Waals surface area contributed by atoms with Crippen molar-refractivity contribution in [3.8, 4) is 0 Å². The fraction of sp³-hybridized carbons (Fsp3) is 0.455. The fourth-order valence-corrected chi connectivity index (χ4v) is 4.46. The van der Waals surface area contributed by atoms with E-state index in [1.165, 1.54) is 17.7 Å². The Balaban J connectivity index is 2.02. The second-order valence-corrected chi connectivity index (χ2v) is 7.32. The summed E-state index contributed by atoms with van der Waals surface area (Å²) in [5, 5.41) is 9.42. The monoisotopic (exact) mass is 315 g/mol. The number of hydrogen-bond donors (Lipinski definition) is 3. The summed E-state index contributed by atoms with van der Waals surface area (Å²) in [5.74, 6) is 0.658. The van der Waals surface area contributed by atoms with E-state index in [0.29, 0.717) is 23.7 Å². The molecule has 0 radical (unpaired) electrons. The van der Waals surface area contributed by atoms with Gasteiger partial charge in [-0.15, -0.1) is 11.3 Å². The summed E-state index contributed by atoms with van der Waals surface area (Å²) in [6.07, 6.45) is 1.88. The lowest BCUT2D eigenvalue weighted by Crippen LogP contribution is -2.26. The second kappa shape index (κ2) is 6.44. The van der Waals surface area contributed by atoms with Gasteiger partial charge in [0.1, 0.15) is 12.2 Å². The first-order valence-corrected chi connectivity index (χ1v) is 8.40. The van der Waals surface area contributed by atoms with Gasteiger partial charge in [0.2, 0.25) is 10.0 Å². The van der Waals surface area contributed by atoms with Crippen molar-refractivity contribution >= 4 is 21.4 Å². The third-order valence-electron chi connectivity index (χ3n) is 2.68. The van der Waals surface area contributed by atoms with Gasteiger partial charge in [0, 0.05) is 29.3 Å². The molecule has 0 unspecified atom stereocenters. The standard InChI is InChI=1S/C11H17N5O2S2/c1-8-10(5-9(19-8)6-12-2)20(17,18)15-4-3-11-13-7-14-16-11/h5,7,12,15H,3-4,6H2,1-2H3,(H,13,14,16). The number of aryl methyl sites for hydroxylation is 1. The van der Waals surface area contributed by atoms with Crippen molar-refractivity contribution in [2.75, 3.05) is 13.6 Å². The minimum absolute atomic E-state index is 0.286.